The van der Waals surface area contributed by atoms with Crippen LogP contribution in [-0.2, 0) is 11.2 Å². The fourth-order valence-electron chi connectivity index (χ4n) is 2.33. The molecule has 1 N–H and O–H groups in total. The zero-order chi connectivity index (χ0) is 18.4. The molecule has 0 fully saturated rings. The van der Waals surface area contributed by atoms with E-state index in [2.05, 4.69) is 41.5 Å². The Morgan fingerprint density at radius 1 is 1.15 bits per heavy atom. The quantitative estimate of drug-likeness (QED) is 0.596. The molecule has 0 aliphatic carbocycles. The fourth-order valence-corrected chi connectivity index (χ4v) is 3.89. The van der Waals surface area contributed by atoms with Crippen molar-refractivity contribution in [1.82, 2.24) is 4.98 Å². The van der Waals surface area contributed by atoms with Crippen LogP contribution in [0.4, 0.5) is 5.13 Å². The Bertz CT molecular complexity index is 858. The summed E-state index contributed by atoms with van der Waals surface area (Å²) in [6.07, 6.45) is 2.66. The number of thiazole rings is 1. The lowest BCUT2D eigenvalue weighted by Crippen LogP contribution is -2.13. The van der Waals surface area contributed by atoms with Gasteiger partial charge in [0.1, 0.15) is 5.75 Å². The lowest BCUT2D eigenvalue weighted by Gasteiger charge is -2.03. The number of hydrogen-bond donors (Lipinski definition) is 1. The first-order valence-electron chi connectivity index (χ1n) is 8.19. The van der Waals surface area contributed by atoms with Crippen LogP contribution >= 0.6 is 23.1 Å². The zero-order valence-corrected chi connectivity index (χ0v) is 16.3. The van der Waals surface area contributed by atoms with Gasteiger partial charge in [-0.05, 0) is 36.8 Å². The maximum atomic E-state index is 12.1. The molecule has 2 aromatic carbocycles. The van der Waals surface area contributed by atoms with Gasteiger partial charge in [0.15, 0.2) is 5.13 Å². The molecule has 0 unspecified atom stereocenters. The molecule has 1 aromatic heterocycles. The first-order chi connectivity index (χ1) is 12.6. The smallest absolute Gasteiger partial charge is 0.236 e. The third kappa shape index (κ3) is 5.34. The molecule has 0 bridgehead atoms. The molecule has 3 rings (SSSR count). The predicted octanol–water partition coefficient (Wildman–Crippen LogP) is 4.78. The van der Waals surface area contributed by atoms with E-state index in [1.54, 1.807) is 7.11 Å². The van der Waals surface area contributed by atoms with E-state index in [9.17, 15) is 4.79 Å². The lowest BCUT2D eigenvalue weighted by atomic mass is 10.1. The summed E-state index contributed by atoms with van der Waals surface area (Å²) < 4.78 is 5.13. The summed E-state index contributed by atoms with van der Waals surface area (Å²) in [5, 5.41) is 3.52. The number of carbonyl (C=O) groups excluding carboxylic acids is 1. The van der Waals surface area contributed by atoms with Crippen molar-refractivity contribution in [2.75, 3.05) is 18.2 Å². The van der Waals surface area contributed by atoms with Crippen LogP contribution in [0.15, 0.2) is 59.6 Å². The number of anilines is 1. The van der Waals surface area contributed by atoms with Crippen molar-refractivity contribution < 1.29 is 9.53 Å². The number of thioether (sulfide) groups is 1. The molecular weight excluding hydrogens is 364 g/mol. The third-order valence-electron chi connectivity index (χ3n) is 3.73. The van der Waals surface area contributed by atoms with Crippen molar-refractivity contribution in [3.05, 3.63) is 70.7 Å². The van der Waals surface area contributed by atoms with Crippen molar-refractivity contribution in [2.45, 2.75) is 18.2 Å². The third-order valence-corrected chi connectivity index (χ3v) is 5.65. The van der Waals surface area contributed by atoms with Crippen LogP contribution in [-0.4, -0.2) is 23.8 Å². The molecular formula is C20H20N2O2S2. The van der Waals surface area contributed by atoms with E-state index in [-0.39, 0.29) is 5.91 Å². The Hall–Kier alpha value is -2.31. The van der Waals surface area contributed by atoms with Gasteiger partial charge in [0, 0.05) is 22.4 Å². The van der Waals surface area contributed by atoms with E-state index in [1.807, 2.05) is 30.5 Å². The summed E-state index contributed by atoms with van der Waals surface area (Å²) >= 11 is 3.00. The molecule has 0 aliphatic heterocycles. The number of methoxy groups -OCH3 is 1. The van der Waals surface area contributed by atoms with E-state index in [1.165, 1.54) is 34.2 Å². The van der Waals surface area contributed by atoms with Gasteiger partial charge in [-0.25, -0.2) is 4.98 Å². The summed E-state index contributed by atoms with van der Waals surface area (Å²) in [5.74, 6) is 1.10. The summed E-state index contributed by atoms with van der Waals surface area (Å²) in [5.41, 5.74) is 2.49. The second-order valence-corrected chi connectivity index (χ2v) is 7.97. The largest absolute Gasteiger partial charge is 0.497 e. The van der Waals surface area contributed by atoms with Crippen LogP contribution in [0.3, 0.4) is 0 Å². The minimum atomic E-state index is -0.0537. The number of nitrogens with zero attached hydrogens (tertiary/aromatic N) is 1. The molecule has 0 aliphatic rings. The number of aryl methyl sites for hydroxylation is 1. The Balaban J connectivity index is 1.49. The van der Waals surface area contributed by atoms with Gasteiger partial charge in [0.2, 0.25) is 5.91 Å². The average molecular weight is 385 g/mol. The normalized spacial score (nSPS) is 10.5. The van der Waals surface area contributed by atoms with Gasteiger partial charge in [-0.2, -0.15) is 0 Å². The summed E-state index contributed by atoms with van der Waals surface area (Å²) in [6.45, 7) is 2.08. The van der Waals surface area contributed by atoms with Gasteiger partial charge in [0.05, 0.1) is 12.9 Å². The summed E-state index contributed by atoms with van der Waals surface area (Å²) in [4.78, 5) is 18.6. The SMILES string of the molecule is COc1ccc(SCC(=O)Nc2ncc(Cc3ccc(C)cc3)s2)cc1. The molecule has 6 heteroatoms. The number of carbonyl (C=O) groups is 1. The van der Waals surface area contributed by atoms with Gasteiger partial charge in [-0.1, -0.05) is 29.8 Å². The van der Waals surface area contributed by atoms with E-state index in [0.717, 1.165) is 21.9 Å². The topological polar surface area (TPSA) is 51.2 Å². The maximum absolute atomic E-state index is 12.1. The van der Waals surface area contributed by atoms with Crippen molar-refractivity contribution in [3.63, 3.8) is 0 Å². The molecule has 0 radical (unpaired) electrons. The van der Waals surface area contributed by atoms with Crippen LogP contribution in [0.1, 0.15) is 16.0 Å². The standard InChI is InChI=1S/C20H20N2O2S2/c1-14-3-5-15(6-4-14)11-18-12-21-20(26-18)22-19(23)13-25-17-9-7-16(24-2)8-10-17/h3-10,12H,11,13H2,1-2H3,(H,21,22,23). The second kappa shape index (κ2) is 8.87. The first-order valence-corrected chi connectivity index (χ1v) is 9.99. The van der Waals surface area contributed by atoms with E-state index in [0.29, 0.717) is 10.9 Å². The number of ether oxygens (including phenoxy) is 1. The van der Waals surface area contributed by atoms with Crippen LogP contribution < -0.4 is 10.1 Å². The fraction of sp³-hybridized carbons (Fsp3) is 0.200. The van der Waals surface area contributed by atoms with E-state index in [4.69, 9.17) is 4.74 Å². The Labute approximate surface area is 161 Å². The van der Waals surface area contributed by atoms with Crippen molar-refractivity contribution in [3.8, 4) is 5.75 Å². The highest BCUT2D eigenvalue weighted by Gasteiger charge is 2.08. The van der Waals surface area contributed by atoms with Gasteiger partial charge in [-0.3, -0.25) is 4.79 Å². The van der Waals surface area contributed by atoms with Crippen LogP contribution in [0.2, 0.25) is 0 Å². The number of aromatic nitrogens is 1. The van der Waals surface area contributed by atoms with Gasteiger partial charge in [-0.15, -0.1) is 23.1 Å². The molecule has 0 saturated carbocycles. The van der Waals surface area contributed by atoms with Gasteiger partial charge in [0.25, 0.3) is 0 Å². The maximum Gasteiger partial charge on any atom is 0.236 e. The van der Waals surface area contributed by atoms with Crippen LogP contribution in [0, 0.1) is 6.92 Å². The second-order valence-electron chi connectivity index (χ2n) is 5.81. The highest BCUT2D eigenvalue weighted by molar-refractivity contribution is 8.00. The molecule has 4 nitrogen and oxygen atoms in total. The predicted molar refractivity (Wildman–Crippen MR) is 108 cm³/mol. The minimum absolute atomic E-state index is 0.0537. The Kier molecular flexibility index (Phi) is 6.30. The van der Waals surface area contributed by atoms with Crippen molar-refractivity contribution >= 4 is 34.1 Å². The molecule has 134 valence electrons. The monoisotopic (exact) mass is 384 g/mol. The minimum Gasteiger partial charge on any atom is -0.497 e. The van der Waals surface area contributed by atoms with Crippen LogP contribution in [0.25, 0.3) is 0 Å². The number of amides is 1. The van der Waals surface area contributed by atoms with E-state index >= 15 is 0 Å². The van der Waals surface area contributed by atoms with Crippen molar-refractivity contribution in [2.24, 2.45) is 0 Å². The molecule has 3 aromatic rings. The number of rotatable bonds is 7. The van der Waals surface area contributed by atoms with Crippen molar-refractivity contribution in [1.29, 1.82) is 0 Å². The first kappa shape index (κ1) is 18.5. The highest BCUT2D eigenvalue weighted by atomic mass is 32.2. The molecule has 1 amide bonds. The average Bonchev–Trinajstić information content (AvgIpc) is 3.09. The molecule has 0 saturated heterocycles. The van der Waals surface area contributed by atoms with Crippen LogP contribution in [0.5, 0.6) is 5.75 Å². The lowest BCUT2D eigenvalue weighted by molar-refractivity contribution is -0.113. The molecule has 0 atom stereocenters. The zero-order valence-electron chi connectivity index (χ0n) is 14.7. The molecule has 1 heterocycles. The summed E-state index contributed by atoms with van der Waals surface area (Å²) in [6, 6.07) is 16.1. The Morgan fingerprint density at radius 3 is 2.58 bits per heavy atom. The van der Waals surface area contributed by atoms with Gasteiger partial charge < -0.3 is 10.1 Å². The highest BCUT2D eigenvalue weighted by Crippen LogP contribution is 2.24. The number of nitrogens with one attached hydrogen (secondary N) is 1. The molecule has 26 heavy (non-hydrogen) atoms. The van der Waals surface area contributed by atoms with E-state index < -0.39 is 0 Å². The summed E-state index contributed by atoms with van der Waals surface area (Å²) in [7, 11) is 1.64. The molecule has 0 spiro atoms. The Morgan fingerprint density at radius 2 is 1.88 bits per heavy atom. The number of benzene rings is 2. The van der Waals surface area contributed by atoms with Gasteiger partial charge >= 0.3 is 0 Å². The number of hydrogen-bond acceptors (Lipinski definition) is 5.